The first-order valence-corrected chi connectivity index (χ1v) is 8.52. The van der Waals surface area contributed by atoms with Crippen molar-refractivity contribution >= 4 is 17.4 Å². The molecule has 2 heterocycles. The van der Waals surface area contributed by atoms with Crippen molar-refractivity contribution in [2.75, 3.05) is 0 Å². The van der Waals surface area contributed by atoms with Crippen LogP contribution in [-0.4, -0.2) is 19.8 Å². The van der Waals surface area contributed by atoms with Gasteiger partial charge in [0.25, 0.3) is 0 Å². The maximum Gasteiger partial charge on any atom is 0.169 e. The highest BCUT2D eigenvalue weighted by Gasteiger charge is 2.26. The molecule has 5 heteroatoms. The number of nitrogens with one attached hydrogen (secondary N) is 1. The van der Waals surface area contributed by atoms with Crippen LogP contribution >= 0.6 is 11.8 Å². The first-order chi connectivity index (χ1) is 10.5. The number of fused-ring (bicyclic) bond motifs is 1. The van der Waals surface area contributed by atoms with Gasteiger partial charge in [0.05, 0.1) is 10.6 Å². The average Bonchev–Trinajstić information content (AvgIpc) is 2.99. The summed E-state index contributed by atoms with van der Waals surface area (Å²) in [6.45, 7) is 8.73. The van der Waals surface area contributed by atoms with Crippen LogP contribution < -0.4 is 0 Å². The Morgan fingerprint density at radius 3 is 2.50 bits per heavy atom. The van der Waals surface area contributed by atoms with Crippen LogP contribution in [0.2, 0.25) is 0 Å². The maximum atomic E-state index is 4.74. The zero-order valence-corrected chi connectivity index (χ0v) is 14.4. The number of aromatic nitrogens is 4. The monoisotopic (exact) mass is 314 g/mol. The molecule has 0 radical (unpaired) electrons. The van der Waals surface area contributed by atoms with Gasteiger partial charge in [-0.15, -0.1) is 9.73 Å². The smallest absolute Gasteiger partial charge is 0.169 e. The van der Waals surface area contributed by atoms with Gasteiger partial charge in [0.15, 0.2) is 5.65 Å². The quantitative estimate of drug-likeness (QED) is 0.773. The molecular formula is C17H22N4S. The lowest BCUT2D eigenvalue weighted by Crippen LogP contribution is -2.13. The summed E-state index contributed by atoms with van der Waals surface area (Å²) in [5, 5.41) is 9.31. The lowest BCUT2D eigenvalue weighted by Gasteiger charge is -2.17. The van der Waals surface area contributed by atoms with Crippen LogP contribution in [0.3, 0.4) is 0 Å². The molecular weight excluding hydrogens is 292 g/mol. The lowest BCUT2D eigenvalue weighted by molar-refractivity contribution is 0.546. The highest BCUT2D eigenvalue weighted by Crippen LogP contribution is 2.38. The van der Waals surface area contributed by atoms with E-state index < -0.39 is 0 Å². The fourth-order valence-electron chi connectivity index (χ4n) is 2.39. The largest absolute Gasteiger partial charge is 0.324 e. The van der Waals surface area contributed by atoms with E-state index >= 15 is 0 Å². The summed E-state index contributed by atoms with van der Waals surface area (Å²) in [5.74, 6) is 1.00. The molecule has 0 unspecified atom stereocenters. The molecule has 1 aromatic carbocycles. The van der Waals surface area contributed by atoms with Crippen molar-refractivity contribution < 1.29 is 0 Å². The van der Waals surface area contributed by atoms with Crippen LogP contribution in [0.5, 0.6) is 0 Å². The summed E-state index contributed by atoms with van der Waals surface area (Å²) in [7, 11) is 0. The van der Waals surface area contributed by atoms with Gasteiger partial charge >= 0.3 is 0 Å². The maximum absolute atomic E-state index is 4.74. The van der Waals surface area contributed by atoms with Gasteiger partial charge in [-0.3, -0.25) is 0 Å². The van der Waals surface area contributed by atoms with Crippen LogP contribution in [-0.2, 0) is 11.8 Å². The van der Waals surface area contributed by atoms with Gasteiger partial charge in [-0.05, 0) is 18.6 Å². The van der Waals surface area contributed by atoms with Gasteiger partial charge in [-0.25, -0.2) is 0 Å². The number of rotatable bonds is 4. The Balaban J connectivity index is 2.10. The van der Waals surface area contributed by atoms with Crippen LogP contribution in [0.4, 0.5) is 0 Å². The third kappa shape index (κ3) is 2.90. The third-order valence-electron chi connectivity index (χ3n) is 3.46. The van der Waals surface area contributed by atoms with Crippen molar-refractivity contribution in [3.05, 3.63) is 41.9 Å². The molecule has 0 fully saturated rings. The van der Waals surface area contributed by atoms with E-state index in [1.807, 2.05) is 6.07 Å². The minimum Gasteiger partial charge on any atom is -0.324 e. The number of aromatic amines is 1. The Morgan fingerprint density at radius 1 is 1.14 bits per heavy atom. The molecule has 0 atom stereocenters. The fourth-order valence-corrected chi connectivity index (χ4v) is 3.59. The van der Waals surface area contributed by atoms with Gasteiger partial charge in [0.2, 0.25) is 0 Å². The molecule has 2 aromatic heterocycles. The molecule has 1 N–H and O–H groups in total. The Kier molecular flexibility index (Phi) is 4.00. The van der Waals surface area contributed by atoms with Gasteiger partial charge < -0.3 is 4.98 Å². The first-order valence-electron chi connectivity index (χ1n) is 7.70. The molecule has 116 valence electrons. The predicted molar refractivity (Wildman–Crippen MR) is 90.6 cm³/mol. The Hall–Kier alpha value is -1.75. The summed E-state index contributed by atoms with van der Waals surface area (Å²) in [6, 6.07) is 10.4. The number of aryl methyl sites for hydroxylation is 1. The molecule has 3 aromatic rings. The van der Waals surface area contributed by atoms with Crippen molar-refractivity contribution in [2.24, 2.45) is 0 Å². The summed E-state index contributed by atoms with van der Waals surface area (Å²) >= 11 is 1.75. The van der Waals surface area contributed by atoms with E-state index in [0.717, 1.165) is 30.0 Å². The van der Waals surface area contributed by atoms with Crippen LogP contribution in [0, 0.1) is 0 Å². The van der Waals surface area contributed by atoms with E-state index in [1.54, 1.807) is 16.4 Å². The second-order valence-electron chi connectivity index (χ2n) is 6.50. The molecule has 0 bridgehead atoms. The Bertz CT molecular complexity index is 765. The molecule has 4 nitrogen and oxygen atoms in total. The number of H-pyrrole nitrogens is 1. The van der Waals surface area contributed by atoms with E-state index in [1.165, 1.54) is 9.79 Å². The predicted octanol–water partition coefficient (Wildman–Crippen LogP) is 4.46. The minimum atomic E-state index is -0.0173. The number of hydrogen-bond acceptors (Lipinski definition) is 3. The molecule has 0 aliphatic carbocycles. The molecule has 0 amide bonds. The van der Waals surface area contributed by atoms with Crippen molar-refractivity contribution in [2.45, 2.75) is 55.7 Å². The second-order valence-corrected chi connectivity index (χ2v) is 7.59. The van der Waals surface area contributed by atoms with Gasteiger partial charge in [-0.2, -0.15) is 5.10 Å². The number of benzene rings is 1. The fraction of sp³-hybridized carbons (Fsp3) is 0.412. The van der Waals surface area contributed by atoms with Gasteiger partial charge in [0, 0.05) is 16.7 Å². The summed E-state index contributed by atoms with van der Waals surface area (Å²) in [5.41, 5.74) is 2.07. The second kappa shape index (κ2) is 5.80. The van der Waals surface area contributed by atoms with Gasteiger partial charge in [-0.1, -0.05) is 57.7 Å². The summed E-state index contributed by atoms with van der Waals surface area (Å²) in [6.07, 6.45) is 2.02. The van der Waals surface area contributed by atoms with E-state index in [4.69, 9.17) is 5.10 Å². The SMILES string of the molecule is CCCc1nn2nc(C(C)(C)C)c(Sc3ccccc3)c2[nH]1. The van der Waals surface area contributed by atoms with Gasteiger partial charge in [0.1, 0.15) is 5.82 Å². The first kappa shape index (κ1) is 15.2. The van der Waals surface area contributed by atoms with Crippen molar-refractivity contribution in [1.82, 2.24) is 19.8 Å². The van der Waals surface area contributed by atoms with Crippen molar-refractivity contribution in [1.29, 1.82) is 0 Å². The zero-order chi connectivity index (χ0) is 15.7. The Labute approximate surface area is 135 Å². The minimum absolute atomic E-state index is 0.0173. The molecule has 0 spiro atoms. The molecule has 22 heavy (non-hydrogen) atoms. The molecule has 0 saturated heterocycles. The number of nitrogens with zero attached hydrogens (tertiary/aromatic N) is 3. The van der Waals surface area contributed by atoms with Crippen molar-refractivity contribution in [3.8, 4) is 0 Å². The highest BCUT2D eigenvalue weighted by atomic mass is 32.2. The molecule has 3 rings (SSSR count). The Morgan fingerprint density at radius 2 is 1.86 bits per heavy atom. The zero-order valence-electron chi connectivity index (χ0n) is 13.6. The highest BCUT2D eigenvalue weighted by molar-refractivity contribution is 7.99. The van der Waals surface area contributed by atoms with Crippen molar-refractivity contribution in [3.63, 3.8) is 0 Å². The van der Waals surface area contributed by atoms with E-state index in [0.29, 0.717) is 0 Å². The molecule has 0 saturated carbocycles. The van der Waals surface area contributed by atoms with E-state index in [9.17, 15) is 0 Å². The van der Waals surface area contributed by atoms with E-state index in [2.05, 4.69) is 62.0 Å². The normalized spacial score (nSPS) is 12.2. The van der Waals surface area contributed by atoms with Crippen LogP contribution in [0.1, 0.15) is 45.6 Å². The summed E-state index contributed by atoms with van der Waals surface area (Å²) in [4.78, 5) is 5.84. The van der Waals surface area contributed by atoms with Crippen LogP contribution in [0.25, 0.3) is 5.65 Å². The topological polar surface area (TPSA) is 46.0 Å². The number of hydrogen-bond donors (Lipinski definition) is 1. The van der Waals surface area contributed by atoms with E-state index in [-0.39, 0.29) is 5.41 Å². The third-order valence-corrected chi connectivity index (χ3v) is 4.56. The summed E-state index contributed by atoms with van der Waals surface area (Å²) < 4.78 is 1.76. The standard InChI is InChI=1S/C17H22N4S/c1-5-9-13-18-16-14(22-12-10-7-6-8-11-12)15(17(2,3)4)20-21(16)19-13/h6-8,10-11H,5,9H2,1-4H3,(H,18,19). The lowest BCUT2D eigenvalue weighted by atomic mass is 9.92. The van der Waals surface area contributed by atoms with Crippen LogP contribution in [0.15, 0.2) is 40.1 Å². The molecule has 0 aliphatic heterocycles. The molecule has 0 aliphatic rings. The average molecular weight is 314 g/mol.